The third-order valence-electron chi connectivity index (χ3n) is 11.5. The van der Waals surface area contributed by atoms with Gasteiger partial charge in [-0.3, -0.25) is 68.2 Å². The van der Waals surface area contributed by atoms with Gasteiger partial charge < -0.3 is 58.5 Å². The molecule has 0 aliphatic carbocycles. The van der Waals surface area contributed by atoms with E-state index in [1.165, 1.54) is 30.5 Å². The summed E-state index contributed by atoms with van der Waals surface area (Å²) >= 11 is 0.843. The van der Waals surface area contributed by atoms with Crippen LogP contribution in [0.25, 0.3) is 23.0 Å². The van der Waals surface area contributed by atoms with Crippen LogP contribution in [-0.4, -0.2) is 172 Å². The smallest absolute Gasteiger partial charge is 0.305 e. The first-order chi connectivity index (χ1) is 36.9. The van der Waals surface area contributed by atoms with Crippen molar-refractivity contribution in [2.75, 3.05) is 37.2 Å². The van der Waals surface area contributed by atoms with E-state index in [2.05, 4.69) is 72.9 Å². The first-order valence-corrected chi connectivity index (χ1v) is 25.0. The number of guanidine groups is 1. The number of likely N-dealkylation sites (tertiary alicyclic amines) is 1. The number of aromatic nitrogens is 6. The molecule has 5 atom stereocenters. The number of amides is 9. The number of nitrogens with one attached hydrogen (secondary N) is 9. The molecule has 1 aromatic carbocycles. The molecule has 6 rings (SSSR count). The van der Waals surface area contributed by atoms with Crippen molar-refractivity contribution >= 4 is 82.5 Å². The van der Waals surface area contributed by atoms with Crippen LogP contribution in [0.5, 0.6) is 5.75 Å². The van der Waals surface area contributed by atoms with Crippen LogP contribution in [-0.2, 0) is 54.4 Å². The summed E-state index contributed by atoms with van der Waals surface area (Å²) in [5, 5.41) is 62.0. The van der Waals surface area contributed by atoms with Crippen molar-refractivity contribution in [3.63, 3.8) is 0 Å². The lowest BCUT2D eigenvalue weighted by atomic mass is 10.0. The number of nitrogens with two attached hydrogens (primary N) is 1. The summed E-state index contributed by atoms with van der Waals surface area (Å²) in [6.07, 6.45) is 1.67. The molecule has 2 fully saturated rings. The van der Waals surface area contributed by atoms with Crippen molar-refractivity contribution in [1.82, 2.24) is 72.5 Å². The van der Waals surface area contributed by atoms with Crippen molar-refractivity contribution < 1.29 is 58.2 Å². The number of pyridine rings is 2. The molecule has 0 saturated carbocycles. The van der Waals surface area contributed by atoms with E-state index in [9.17, 15) is 58.2 Å². The van der Waals surface area contributed by atoms with Crippen molar-refractivity contribution in [2.24, 2.45) is 5.73 Å². The Kier molecular flexibility index (Phi) is 20.7. The first-order valence-electron chi connectivity index (χ1n) is 24.0. The highest BCUT2D eigenvalue weighted by molar-refractivity contribution is 8.00. The zero-order valence-corrected chi connectivity index (χ0v) is 41.8. The maximum Gasteiger partial charge on any atom is 0.305 e. The topological polar surface area (TPSA) is 438 Å². The number of carboxylic acid groups (broad SMARTS) is 1. The predicted molar refractivity (Wildman–Crippen MR) is 271 cm³/mol. The number of phenolic OH excluding ortho intramolecular Hbond substituents is 1. The van der Waals surface area contributed by atoms with Crippen LogP contribution in [0.15, 0.2) is 67.0 Å². The number of phenols is 1. The maximum absolute atomic E-state index is 14.2. The largest absolute Gasteiger partial charge is 0.508 e. The number of rotatable bonds is 21. The van der Waals surface area contributed by atoms with Crippen molar-refractivity contribution in [3.8, 4) is 28.8 Å². The quantitative estimate of drug-likeness (QED) is 0.0174. The SMILES string of the molecule is N=C(N)NCCC[C@@H]1NC(=O)[C@H](CSC2CC(=O)N(CCNC(=O)CCCC(=O)Nc3ccc(-c4nnc(-c5ccccn5)nn4)nc3)C2=O)NC(=O)[C@@H](Cc2ccc(O)cc2)NC(=O)[C@H](CC(=O)O)NC(=O)CNC1=O. The maximum atomic E-state index is 14.2. The monoisotopic (exact) mass is 1080 g/mol. The van der Waals surface area contributed by atoms with E-state index in [0.717, 1.165) is 16.7 Å². The van der Waals surface area contributed by atoms with Crippen LogP contribution < -0.4 is 48.3 Å². The van der Waals surface area contributed by atoms with Crippen LogP contribution >= 0.6 is 11.8 Å². The van der Waals surface area contributed by atoms with E-state index in [1.54, 1.807) is 36.5 Å². The standard InChI is InChI=1S/C47H55N17O12S/c48-47(49)52-16-4-6-30-42(72)54-23-37(68)56-32(20-39(70)71)44(74)58-31(19-25-9-12-27(65)13-10-25)43(73)59-33(45(75)57-30)24-77-34-21-38(69)64(46(34)76)18-17-51-35(66)7-3-8-36(67)55-26-11-14-29(53-22-26)41-62-60-40(61-63-41)28-5-1-2-15-50-28/h1-2,5,9-15,22,30-34,65H,3-4,6-8,16-21,23-24H2,(H,51,66)(H,54,72)(H,55,67)(H,56,68)(H,57,75)(H,58,74)(H,59,73)(H,70,71)(H4,48,49,52)/t30-,31+,32-,33-,34?/m0/s1. The average molecular weight is 1080 g/mol. The van der Waals surface area contributed by atoms with Crippen LogP contribution in [0.2, 0.25) is 0 Å². The van der Waals surface area contributed by atoms with Gasteiger partial charge in [0.15, 0.2) is 5.96 Å². The minimum absolute atomic E-state index is 0.0194. The molecule has 0 spiro atoms. The minimum Gasteiger partial charge on any atom is -0.508 e. The van der Waals surface area contributed by atoms with E-state index in [0.29, 0.717) is 22.6 Å². The van der Waals surface area contributed by atoms with Gasteiger partial charge in [0.05, 0.1) is 30.1 Å². The summed E-state index contributed by atoms with van der Waals surface area (Å²) in [6.45, 7) is -0.973. The number of thioether (sulfide) groups is 1. The fraction of sp³-hybridized carbons (Fsp3) is 0.383. The number of benzene rings is 1. The highest BCUT2D eigenvalue weighted by atomic mass is 32.2. The van der Waals surface area contributed by atoms with Gasteiger partial charge in [-0.15, -0.1) is 32.2 Å². The molecule has 1 unspecified atom stereocenters. The molecule has 29 nitrogen and oxygen atoms in total. The van der Waals surface area contributed by atoms with Gasteiger partial charge in [-0.05, 0) is 61.2 Å². The normalized spacial score (nSPS) is 19.3. The van der Waals surface area contributed by atoms with Gasteiger partial charge in [0.2, 0.25) is 64.8 Å². The van der Waals surface area contributed by atoms with Gasteiger partial charge in [0.1, 0.15) is 41.3 Å². The van der Waals surface area contributed by atoms with Gasteiger partial charge in [-0.1, -0.05) is 18.2 Å². The summed E-state index contributed by atoms with van der Waals surface area (Å²) in [4.78, 5) is 141. The molecule has 9 amide bonds. The lowest BCUT2D eigenvalue weighted by Gasteiger charge is -2.26. The number of aliphatic carboxylic acids is 1. The minimum atomic E-state index is -1.73. The molecular formula is C47H55N17O12S. The van der Waals surface area contributed by atoms with Crippen LogP contribution in [0.3, 0.4) is 0 Å². The molecule has 406 valence electrons. The molecule has 2 aliphatic heterocycles. The molecule has 3 aromatic heterocycles. The zero-order valence-electron chi connectivity index (χ0n) is 41.0. The van der Waals surface area contributed by atoms with Crippen LogP contribution in [0.4, 0.5) is 5.69 Å². The summed E-state index contributed by atoms with van der Waals surface area (Å²) in [6, 6.07) is 7.79. The fourth-order valence-electron chi connectivity index (χ4n) is 7.58. The first kappa shape index (κ1) is 57.1. The van der Waals surface area contributed by atoms with E-state index in [-0.39, 0.29) is 99.6 Å². The second-order valence-corrected chi connectivity index (χ2v) is 18.6. The van der Waals surface area contributed by atoms with Crippen molar-refractivity contribution in [2.45, 2.75) is 80.8 Å². The van der Waals surface area contributed by atoms with E-state index in [1.807, 2.05) is 0 Å². The second kappa shape index (κ2) is 27.9. The zero-order chi connectivity index (χ0) is 55.4. The molecule has 2 saturated heterocycles. The number of imide groups is 1. The van der Waals surface area contributed by atoms with E-state index in [4.69, 9.17) is 11.1 Å². The van der Waals surface area contributed by atoms with Crippen LogP contribution in [0.1, 0.15) is 50.5 Å². The van der Waals surface area contributed by atoms with Gasteiger partial charge in [0, 0.05) is 57.3 Å². The summed E-state index contributed by atoms with van der Waals surface area (Å²) in [5.74, 6) is -8.82. The number of nitrogens with zero attached hydrogens (tertiary/aromatic N) is 7. The third kappa shape index (κ3) is 17.7. The number of hydrogen-bond acceptors (Lipinski definition) is 19. The Hall–Kier alpha value is -9.22. The highest BCUT2D eigenvalue weighted by Gasteiger charge is 2.40. The Morgan fingerprint density at radius 1 is 0.740 bits per heavy atom. The average Bonchev–Trinajstić information content (AvgIpc) is 3.68. The van der Waals surface area contributed by atoms with E-state index >= 15 is 0 Å². The van der Waals surface area contributed by atoms with Gasteiger partial charge in [0.25, 0.3) is 0 Å². The van der Waals surface area contributed by atoms with Gasteiger partial charge in [-0.2, -0.15) is 0 Å². The highest BCUT2D eigenvalue weighted by Crippen LogP contribution is 2.26. The van der Waals surface area contributed by atoms with E-state index < -0.39 is 95.6 Å². The Morgan fingerprint density at radius 3 is 2.06 bits per heavy atom. The Bertz CT molecular complexity index is 2810. The summed E-state index contributed by atoms with van der Waals surface area (Å²) in [7, 11) is 0. The molecule has 13 N–H and O–H groups in total. The molecule has 2 aliphatic rings. The molecule has 0 bridgehead atoms. The Balaban J connectivity index is 1.03. The van der Waals surface area contributed by atoms with Crippen molar-refractivity contribution in [1.29, 1.82) is 5.41 Å². The number of hydrogen-bond donors (Lipinski definition) is 12. The number of anilines is 1. The lowest BCUT2D eigenvalue weighted by Crippen LogP contribution is -2.59. The molecule has 0 radical (unpaired) electrons. The van der Waals surface area contributed by atoms with Gasteiger partial charge in [-0.25, -0.2) is 0 Å². The molecule has 30 heteroatoms. The molecule has 77 heavy (non-hydrogen) atoms. The fourth-order valence-corrected chi connectivity index (χ4v) is 8.77. The third-order valence-corrected chi connectivity index (χ3v) is 12.8. The predicted octanol–water partition coefficient (Wildman–Crippen LogP) is -2.77. The number of carbonyl (C=O) groups excluding carboxylic acids is 9. The molecular weight excluding hydrogens is 1030 g/mol. The summed E-state index contributed by atoms with van der Waals surface area (Å²) < 4.78 is 0. The van der Waals surface area contributed by atoms with Gasteiger partial charge >= 0.3 is 5.97 Å². The van der Waals surface area contributed by atoms with Crippen LogP contribution in [0, 0.1) is 5.41 Å². The number of carbonyl (C=O) groups is 10. The number of aromatic hydroxyl groups is 1. The Labute approximate surface area is 442 Å². The second-order valence-electron chi connectivity index (χ2n) is 17.3. The molecule has 4 aromatic rings. The molecule has 5 heterocycles. The lowest BCUT2D eigenvalue weighted by molar-refractivity contribution is -0.141. The Morgan fingerprint density at radius 2 is 1.40 bits per heavy atom. The number of carboxylic acids is 1. The van der Waals surface area contributed by atoms with Crippen molar-refractivity contribution in [3.05, 3.63) is 72.6 Å². The summed E-state index contributed by atoms with van der Waals surface area (Å²) in [5.41, 5.74) is 7.02.